The maximum Gasteiger partial charge on any atom is 0.226 e. The van der Waals surface area contributed by atoms with Gasteiger partial charge >= 0.3 is 0 Å². The normalized spacial score (nSPS) is 24.8. The van der Waals surface area contributed by atoms with Crippen molar-refractivity contribution in [2.24, 2.45) is 0 Å². The number of unbranched alkanes of at least 4 members (excludes halogenated alkanes) is 2. The lowest BCUT2D eigenvalue weighted by Gasteiger charge is -2.17. The molecular weight excluding hydrogens is 364 g/mol. The van der Waals surface area contributed by atoms with Crippen molar-refractivity contribution in [3.8, 4) is 0 Å². The second-order valence-electron chi connectivity index (χ2n) is 7.01. The highest BCUT2D eigenvalue weighted by molar-refractivity contribution is 5.84. The Balaban J connectivity index is 1.95. The van der Waals surface area contributed by atoms with E-state index in [1.54, 1.807) is 4.57 Å². The van der Waals surface area contributed by atoms with Gasteiger partial charge in [0.05, 0.1) is 12.9 Å². The molecular formula is C18H30N6O4. The molecule has 0 unspecified atom stereocenters. The predicted octanol–water partition coefficient (Wildman–Crippen LogP) is 0.862. The molecule has 1 fully saturated rings. The molecule has 28 heavy (non-hydrogen) atoms. The Labute approximate surface area is 164 Å². The fourth-order valence-corrected chi connectivity index (χ4v) is 3.18. The van der Waals surface area contributed by atoms with E-state index >= 15 is 0 Å². The summed E-state index contributed by atoms with van der Waals surface area (Å²) in [5.41, 5.74) is 1.05. The van der Waals surface area contributed by atoms with Crippen molar-refractivity contribution in [1.29, 1.82) is 0 Å². The zero-order chi connectivity index (χ0) is 20.1. The highest BCUT2D eigenvalue weighted by Crippen LogP contribution is 2.32. The molecule has 3 heterocycles. The van der Waals surface area contributed by atoms with Gasteiger partial charge in [-0.3, -0.25) is 4.57 Å². The van der Waals surface area contributed by atoms with Crippen molar-refractivity contribution in [2.75, 3.05) is 30.3 Å². The van der Waals surface area contributed by atoms with Gasteiger partial charge in [0.15, 0.2) is 23.2 Å². The van der Waals surface area contributed by atoms with Crippen LogP contribution < -0.4 is 10.6 Å². The van der Waals surface area contributed by atoms with Crippen LogP contribution in [0.25, 0.3) is 11.2 Å². The van der Waals surface area contributed by atoms with E-state index in [2.05, 4.69) is 39.4 Å². The monoisotopic (exact) mass is 394 g/mol. The number of nitrogens with one attached hydrogen (secondary N) is 2. The van der Waals surface area contributed by atoms with Crippen LogP contribution in [-0.4, -0.2) is 72.8 Å². The van der Waals surface area contributed by atoms with E-state index in [9.17, 15) is 15.3 Å². The Bertz CT molecular complexity index is 770. The van der Waals surface area contributed by atoms with Crippen molar-refractivity contribution in [3.63, 3.8) is 0 Å². The number of aliphatic hydroxyl groups is 3. The van der Waals surface area contributed by atoms with Crippen LogP contribution in [0, 0.1) is 0 Å². The van der Waals surface area contributed by atoms with Crippen molar-refractivity contribution in [3.05, 3.63) is 6.33 Å². The number of anilines is 2. The van der Waals surface area contributed by atoms with E-state index in [1.807, 2.05) is 0 Å². The van der Waals surface area contributed by atoms with Crippen LogP contribution in [0.3, 0.4) is 0 Å². The number of hydrogen-bond acceptors (Lipinski definition) is 9. The minimum atomic E-state index is -1.20. The Morgan fingerprint density at radius 1 is 1.07 bits per heavy atom. The van der Waals surface area contributed by atoms with Crippen molar-refractivity contribution in [1.82, 2.24) is 19.5 Å². The first-order valence-corrected chi connectivity index (χ1v) is 9.95. The summed E-state index contributed by atoms with van der Waals surface area (Å²) in [5.74, 6) is 1.08. The minimum Gasteiger partial charge on any atom is -0.394 e. The molecule has 156 valence electrons. The zero-order valence-corrected chi connectivity index (χ0v) is 16.4. The molecule has 1 aliphatic rings. The Kier molecular flexibility index (Phi) is 7.00. The van der Waals surface area contributed by atoms with Crippen molar-refractivity contribution >= 4 is 22.9 Å². The molecule has 0 aromatic carbocycles. The average Bonchev–Trinajstić information content (AvgIpc) is 3.23. The lowest BCUT2D eigenvalue weighted by molar-refractivity contribution is -0.0511. The van der Waals surface area contributed by atoms with Crippen LogP contribution in [-0.2, 0) is 4.74 Å². The third-order valence-corrected chi connectivity index (χ3v) is 4.85. The second kappa shape index (κ2) is 9.46. The molecule has 2 aromatic rings. The van der Waals surface area contributed by atoms with Gasteiger partial charge in [-0.05, 0) is 12.8 Å². The van der Waals surface area contributed by atoms with E-state index in [4.69, 9.17) is 4.74 Å². The van der Waals surface area contributed by atoms with Gasteiger partial charge in [-0.25, -0.2) is 4.98 Å². The summed E-state index contributed by atoms with van der Waals surface area (Å²) in [4.78, 5) is 13.5. The molecule has 1 saturated heterocycles. The van der Waals surface area contributed by atoms with Crippen LogP contribution in [0.4, 0.5) is 11.8 Å². The first kappa shape index (κ1) is 20.7. The minimum absolute atomic E-state index is 0.385. The van der Waals surface area contributed by atoms with Crippen LogP contribution in [0.2, 0.25) is 0 Å². The Morgan fingerprint density at radius 2 is 1.79 bits per heavy atom. The summed E-state index contributed by atoms with van der Waals surface area (Å²) in [6.07, 6.45) is 1.49. The van der Waals surface area contributed by atoms with Gasteiger partial charge in [0.1, 0.15) is 18.3 Å². The molecule has 0 bridgehead atoms. The average molecular weight is 394 g/mol. The number of fused-ring (bicyclic) bond motifs is 1. The number of rotatable bonds is 10. The zero-order valence-electron chi connectivity index (χ0n) is 16.4. The first-order valence-electron chi connectivity index (χ1n) is 9.95. The number of aliphatic hydroxyl groups excluding tert-OH is 3. The highest BCUT2D eigenvalue weighted by atomic mass is 16.6. The number of aromatic nitrogens is 4. The molecule has 0 radical (unpaired) electrons. The third kappa shape index (κ3) is 4.19. The molecule has 0 amide bonds. The standard InChI is InChI=1S/C18H30N6O4/c1-3-5-7-19-15-12-16(23-18(22-15)20-8-6-4-2)24(10-21-12)17-14(27)13(26)11(9-25)28-17/h10-11,13-14,17,25-27H,3-9H2,1-2H3,(H2,19,20,22,23)/t11-,13-,14-,17-/m1/s1. The van der Waals surface area contributed by atoms with Gasteiger partial charge in [0.25, 0.3) is 0 Å². The smallest absolute Gasteiger partial charge is 0.226 e. The van der Waals surface area contributed by atoms with Crippen LogP contribution in [0.15, 0.2) is 6.33 Å². The second-order valence-corrected chi connectivity index (χ2v) is 7.01. The summed E-state index contributed by atoms with van der Waals surface area (Å²) >= 11 is 0. The van der Waals surface area contributed by atoms with Gasteiger partial charge in [-0.15, -0.1) is 0 Å². The van der Waals surface area contributed by atoms with E-state index < -0.39 is 24.5 Å². The number of nitrogens with zero attached hydrogens (tertiary/aromatic N) is 4. The van der Waals surface area contributed by atoms with Crippen LogP contribution >= 0.6 is 0 Å². The molecule has 5 N–H and O–H groups in total. The largest absolute Gasteiger partial charge is 0.394 e. The van der Waals surface area contributed by atoms with Crippen molar-refractivity contribution in [2.45, 2.75) is 64.1 Å². The topological polar surface area (TPSA) is 138 Å². The van der Waals surface area contributed by atoms with Crippen molar-refractivity contribution < 1.29 is 20.1 Å². The van der Waals surface area contributed by atoms with Crippen LogP contribution in [0.1, 0.15) is 45.8 Å². The molecule has 0 spiro atoms. The van der Waals surface area contributed by atoms with Gasteiger partial charge in [0.2, 0.25) is 5.95 Å². The molecule has 3 rings (SSSR count). The molecule has 4 atom stereocenters. The number of imidazole rings is 1. The Morgan fingerprint density at radius 3 is 2.43 bits per heavy atom. The van der Waals surface area contributed by atoms with Gasteiger partial charge in [0, 0.05) is 13.1 Å². The molecule has 2 aromatic heterocycles. The quantitative estimate of drug-likeness (QED) is 0.371. The van der Waals surface area contributed by atoms with E-state index in [1.165, 1.54) is 6.33 Å². The molecule has 1 aliphatic heterocycles. The van der Waals surface area contributed by atoms with Crippen LogP contribution in [0.5, 0.6) is 0 Å². The number of hydrogen-bond donors (Lipinski definition) is 5. The van der Waals surface area contributed by atoms with Gasteiger partial charge in [-0.2, -0.15) is 9.97 Å². The first-order chi connectivity index (χ1) is 13.6. The van der Waals surface area contributed by atoms with Gasteiger partial charge < -0.3 is 30.7 Å². The lowest BCUT2D eigenvalue weighted by atomic mass is 10.1. The van der Waals surface area contributed by atoms with Gasteiger partial charge in [-0.1, -0.05) is 26.7 Å². The predicted molar refractivity (Wildman–Crippen MR) is 105 cm³/mol. The lowest BCUT2D eigenvalue weighted by Crippen LogP contribution is -2.33. The fraction of sp³-hybridized carbons (Fsp3) is 0.722. The highest BCUT2D eigenvalue weighted by Gasteiger charge is 2.44. The summed E-state index contributed by atoms with van der Waals surface area (Å²) in [6, 6.07) is 0. The maximum absolute atomic E-state index is 10.4. The fourth-order valence-electron chi connectivity index (χ4n) is 3.18. The summed E-state index contributed by atoms with van der Waals surface area (Å²) in [6.45, 7) is 5.35. The van der Waals surface area contributed by atoms with E-state index in [0.717, 1.165) is 38.8 Å². The number of ether oxygens (including phenoxy) is 1. The van der Waals surface area contributed by atoms with E-state index in [-0.39, 0.29) is 6.61 Å². The van der Waals surface area contributed by atoms with E-state index in [0.29, 0.717) is 22.9 Å². The summed E-state index contributed by atoms with van der Waals surface area (Å²) < 4.78 is 7.22. The summed E-state index contributed by atoms with van der Waals surface area (Å²) in [5, 5.41) is 36.3. The SMILES string of the molecule is CCCCNc1nc(NCCCC)c2ncn([C@@H]3O[C@H](CO)[C@@H](O)[C@H]3O)c2n1. The Hall–Kier alpha value is -2.01. The molecule has 10 heteroatoms. The molecule has 10 nitrogen and oxygen atoms in total. The third-order valence-electron chi connectivity index (χ3n) is 4.85. The molecule has 0 saturated carbocycles. The molecule has 0 aliphatic carbocycles. The maximum atomic E-state index is 10.4. The summed E-state index contributed by atoms with van der Waals surface area (Å²) in [7, 11) is 0.